The van der Waals surface area contributed by atoms with E-state index in [4.69, 9.17) is 4.52 Å². The average molecular weight is 378 g/mol. The largest absolute Gasteiger partial charge is 0.416 e. The maximum absolute atomic E-state index is 12.6. The van der Waals surface area contributed by atoms with Crippen molar-refractivity contribution in [2.45, 2.75) is 31.3 Å². The maximum Gasteiger partial charge on any atom is 0.416 e. The summed E-state index contributed by atoms with van der Waals surface area (Å²) in [4.78, 5) is 0. The van der Waals surface area contributed by atoms with Crippen LogP contribution in [0.15, 0.2) is 34.9 Å². The molecular weight excluding hydrogens is 361 g/mol. The molecule has 0 saturated carbocycles. The number of aliphatic hydroxyl groups excluding tert-OH is 1. The molecule has 1 aromatic carbocycles. The molecule has 0 aliphatic rings. The van der Waals surface area contributed by atoms with Crippen LogP contribution in [0.5, 0.6) is 0 Å². The van der Waals surface area contributed by atoms with Crippen LogP contribution in [0.2, 0.25) is 0 Å². The molecule has 0 bridgehead atoms. The van der Waals surface area contributed by atoms with Gasteiger partial charge in [-0.15, -0.1) is 0 Å². The number of sulfonamides is 1. The van der Waals surface area contributed by atoms with Gasteiger partial charge < -0.3 is 9.63 Å². The van der Waals surface area contributed by atoms with E-state index in [1.165, 1.54) is 6.07 Å². The number of nitrogens with zero attached hydrogens (tertiary/aromatic N) is 1. The summed E-state index contributed by atoms with van der Waals surface area (Å²) in [5, 5.41) is 13.0. The molecule has 0 aliphatic carbocycles. The van der Waals surface area contributed by atoms with Crippen molar-refractivity contribution in [2.75, 3.05) is 6.61 Å². The average Bonchev–Trinajstić information content (AvgIpc) is 2.98. The summed E-state index contributed by atoms with van der Waals surface area (Å²) in [5.41, 5.74) is -0.438. The third-order valence-corrected chi connectivity index (χ3v) is 4.76. The van der Waals surface area contributed by atoms with Gasteiger partial charge >= 0.3 is 6.18 Å². The fraction of sp³-hybridized carbons (Fsp3) is 0.400. The summed E-state index contributed by atoms with van der Waals surface area (Å²) in [7, 11) is -3.88. The first kappa shape index (κ1) is 19.4. The Kier molecular flexibility index (Phi) is 5.86. The molecule has 0 saturated heterocycles. The lowest BCUT2D eigenvalue weighted by Crippen LogP contribution is -2.32. The predicted molar refractivity (Wildman–Crippen MR) is 82.9 cm³/mol. The number of aryl methyl sites for hydroxylation is 1. The minimum absolute atomic E-state index is 0.202. The fourth-order valence-electron chi connectivity index (χ4n) is 2.16. The predicted octanol–water partition coefficient (Wildman–Crippen LogP) is 2.41. The second kappa shape index (κ2) is 7.54. The van der Waals surface area contributed by atoms with E-state index in [-0.39, 0.29) is 11.3 Å². The molecular formula is C15H17F3N2O4S. The molecule has 1 aromatic heterocycles. The van der Waals surface area contributed by atoms with Gasteiger partial charge in [-0.1, -0.05) is 24.2 Å². The minimum atomic E-state index is -4.49. The third-order valence-electron chi connectivity index (χ3n) is 3.44. The van der Waals surface area contributed by atoms with E-state index in [1.807, 2.05) is 6.92 Å². The quantitative estimate of drug-likeness (QED) is 0.772. The lowest BCUT2D eigenvalue weighted by atomic mass is 10.1. The normalized spacial score (nSPS) is 13.8. The molecule has 1 heterocycles. The van der Waals surface area contributed by atoms with E-state index in [0.717, 1.165) is 24.3 Å². The van der Waals surface area contributed by atoms with Gasteiger partial charge in [0, 0.05) is 12.5 Å². The topological polar surface area (TPSA) is 92.4 Å². The molecule has 25 heavy (non-hydrogen) atoms. The lowest BCUT2D eigenvalue weighted by Gasteiger charge is -2.17. The summed E-state index contributed by atoms with van der Waals surface area (Å²) in [6.07, 6.45) is -3.93. The Morgan fingerprint density at radius 3 is 2.40 bits per heavy atom. The van der Waals surface area contributed by atoms with Crippen LogP contribution in [0, 0.1) is 0 Å². The number of hydrogen-bond donors (Lipinski definition) is 2. The molecule has 1 unspecified atom stereocenters. The molecule has 2 N–H and O–H groups in total. The summed E-state index contributed by atoms with van der Waals surface area (Å²) < 4.78 is 69.3. The van der Waals surface area contributed by atoms with Crippen LogP contribution in [0.25, 0.3) is 0 Å². The highest BCUT2D eigenvalue weighted by atomic mass is 32.2. The van der Waals surface area contributed by atoms with Crippen molar-refractivity contribution in [1.29, 1.82) is 0 Å². The van der Waals surface area contributed by atoms with Crippen LogP contribution in [-0.4, -0.2) is 25.3 Å². The Balaban J connectivity index is 2.12. The minimum Gasteiger partial charge on any atom is -0.394 e. The van der Waals surface area contributed by atoms with Gasteiger partial charge in [0.05, 0.1) is 18.2 Å². The van der Waals surface area contributed by atoms with Crippen LogP contribution in [0.3, 0.4) is 0 Å². The Morgan fingerprint density at radius 1 is 1.28 bits per heavy atom. The Labute approximate surface area is 142 Å². The first-order chi connectivity index (χ1) is 11.6. The number of aliphatic hydroxyl groups is 1. The standard InChI is InChI=1S/C15H17F3N2O4S/c1-2-13-7-12(19-24-13)9-25(22,23)20-14(8-21)10-3-5-11(6-4-10)15(16,17)18/h3-7,14,20-21H,2,8-9H2,1H3. The first-order valence-corrected chi connectivity index (χ1v) is 9.02. The molecule has 0 amide bonds. The number of aromatic nitrogens is 1. The van der Waals surface area contributed by atoms with Gasteiger partial charge in [0.1, 0.15) is 17.2 Å². The Bertz CT molecular complexity index is 801. The van der Waals surface area contributed by atoms with Crippen molar-refractivity contribution in [3.8, 4) is 0 Å². The molecule has 0 aliphatic heterocycles. The second-order valence-electron chi connectivity index (χ2n) is 5.37. The molecule has 0 radical (unpaired) electrons. The van der Waals surface area contributed by atoms with Crippen LogP contribution < -0.4 is 4.72 Å². The molecule has 10 heteroatoms. The Morgan fingerprint density at radius 2 is 1.92 bits per heavy atom. The van der Waals surface area contributed by atoms with Crippen LogP contribution in [0.4, 0.5) is 13.2 Å². The van der Waals surface area contributed by atoms with Crippen molar-refractivity contribution in [3.63, 3.8) is 0 Å². The summed E-state index contributed by atoms with van der Waals surface area (Å²) >= 11 is 0. The molecule has 2 rings (SSSR count). The SMILES string of the molecule is CCc1cc(CS(=O)(=O)NC(CO)c2ccc(C(F)(F)F)cc2)no1. The molecule has 2 aromatic rings. The number of rotatable bonds is 7. The van der Waals surface area contributed by atoms with Gasteiger partial charge in [-0.05, 0) is 17.7 Å². The van der Waals surface area contributed by atoms with E-state index in [9.17, 15) is 26.7 Å². The van der Waals surface area contributed by atoms with Crippen LogP contribution in [-0.2, 0) is 28.4 Å². The molecule has 6 nitrogen and oxygen atoms in total. The number of alkyl halides is 3. The Hall–Kier alpha value is -1.91. The number of nitrogens with one attached hydrogen (secondary N) is 1. The van der Waals surface area contributed by atoms with E-state index in [0.29, 0.717) is 12.2 Å². The third kappa shape index (κ3) is 5.28. The van der Waals surface area contributed by atoms with Gasteiger partial charge in [-0.3, -0.25) is 0 Å². The second-order valence-corrected chi connectivity index (χ2v) is 7.12. The van der Waals surface area contributed by atoms with Gasteiger partial charge in [0.2, 0.25) is 10.0 Å². The fourth-order valence-corrected chi connectivity index (χ4v) is 3.41. The van der Waals surface area contributed by atoms with Gasteiger partial charge in [0.15, 0.2) is 0 Å². The van der Waals surface area contributed by atoms with Crippen molar-refractivity contribution in [2.24, 2.45) is 0 Å². The summed E-state index contributed by atoms with van der Waals surface area (Å²) in [5.74, 6) is 0.0693. The zero-order chi connectivity index (χ0) is 18.7. The van der Waals surface area contributed by atoms with Crippen LogP contribution in [0.1, 0.15) is 35.5 Å². The first-order valence-electron chi connectivity index (χ1n) is 7.37. The molecule has 138 valence electrons. The van der Waals surface area contributed by atoms with Crippen LogP contribution >= 0.6 is 0 Å². The highest BCUT2D eigenvalue weighted by molar-refractivity contribution is 7.88. The smallest absolute Gasteiger partial charge is 0.394 e. The zero-order valence-corrected chi connectivity index (χ0v) is 14.1. The van der Waals surface area contributed by atoms with E-state index in [1.54, 1.807) is 0 Å². The van der Waals surface area contributed by atoms with E-state index in [2.05, 4.69) is 9.88 Å². The highest BCUT2D eigenvalue weighted by Gasteiger charge is 2.30. The van der Waals surface area contributed by atoms with Crippen molar-refractivity contribution >= 4 is 10.0 Å². The molecule has 0 fully saturated rings. The monoisotopic (exact) mass is 378 g/mol. The summed E-state index contributed by atoms with van der Waals surface area (Å²) in [6, 6.07) is 4.35. The zero-order valence-electron chi connectivity index (χ0n) is 13.2. The summed E-state index contributed by atoms with van der Waals surface area (Å²) in [6.45, 7) is 1.22. The van der Waals surface area contributed by atoms with Gasteiger partial charge in [-0.2, -0.15) is 13.2 Å². The number of hydrogen-bond acceptors (Lipinski definition) is 5. The van der Waals surface area contributed by atoms with Crippen molar-refractivity contribution in [3.05, 3.63) is 52.9 Å². The van der Waals surface area contributed by atoms with Gasteiger partial charge in [0.25, 0.3) is 0 Å². The lowest BCUT2D eigenvalue weighted by molar-refractivity contribution is -0.137. The number of halogens is 3. The molecule has 0 spiro atoms. The molecule has 1 atom stereocenters. The number of benzene rings is 1. The van der Waals surface area contributed by atoms with Crippen molar-refractivity contribution < 1.29 is 31.2 Å². The van der Waals surface area contributed by atoms with E-state index < -0.39 is 40.2 Å². The maximum atomic E-state index is 12.6. The van der Waals surface area contributed by atoms with Gasteiger partial charge in [-0.25, -0.2) is 13.1 Å². The highest BCUT2D eigenvalue weighted by Crippen LogP contribution is 2.30. The van der Waals surface area contributed by atoms with Crippen molar-refractivity contribution in [1.82, 2.24) is 9.88 Å². The van der Waals surface area contributed by atoms with E-state index >= 15 is 0 Å².